The monoisotopic (exact) mass is 338 g/mol. The zero-order valence-electron chi connectivity index (χ0n) is 14.3. The van der Waals surface area contributed by atoms with Gasteiger partial charge >= 0.3 is 0 Å². The van der Waals surface area contributed by atoms with Gasteiger partial charge in [-0.2, -0.15) is 0 Å². The maximum absolute atomic E-state index is 12.2. The number of rotatable bonds is 8. The highest BCUT2D eigenvalue weighted by molar-refractivity contribution is 5.97. The molecule has 0 unspecified atom stereocenters. The third-order valence-corrected chi connectivity index (χ3v) is 3.94. The van der Waals surface area contributed by atoms with Gasteiger partial charge in [-0.05, 0) is 37.1 Å². The minimum atomic E-state index is -0.101. The molecule has 6 nitrogen and oxygen atoms in total. The van der Waals surface area contributed by atoms with Crippen LogP contribution >= 0.6 is 0 Å². The summed E-state index contributed by atoms with van der Waals surface area (Å²) in [5.41, 5.74) is 3.43. The van der Waals surface area contributed by atoms with Gasteiger partial charge in [-0.1, -0.05) is 35.5 Å². The molecule has 3 aromatic rings. The fraction of sp³-hybridized carbons (Fsp3) is 0.316. The number of amides is 1. The van der Waals surface area contributed by atoms with E-state index in [0.29, 0.717) is 25.3 Å². The molecule has 0 spiro atoms. The number of aryl methyl sites for hydroxylation is 1. The van der Waals surface area contributed by atoms with Crippen molar-refractivity contribution in [1.29, 1.82) is 0 Å². The van der Waals surface area contributed by atoms with Gasteiger partial charge in [0.15, 0.2) is 0 Å². The van der Waals surface area contributed by atoms with E-state index in [1.165, 1.54) is 0 Å². The van der Waals surface area contributed by atoms with Gasteiger partial charge in [0, 0.05) is 25.3 Å². The molecule has 0 atom stereocenters. The maximum Gasteiger partial charge on any atom is 0.251 e. The third kappa shape index (κ3) is 4.42. The van der Waals surface area contributed by atoms with E-state index in [2.05, 4.69) is 15.6 Å². The number of hydrogen-bond donors (Lipinski definition) is 1. The number of nitrogens with zero attached hydrogens (tertiary/aromatic N) is 3. The first kappa shape index (κ1) is 17.1. The lowest BCUT2D eigenvalue weighted by Crippen LogP contribution is -2.25. The molecule has 130 valence electrons. The van der Waals surface area contributed by atoms with Crippen LogP contribution in [-0.2, 0) is 17.9 Å². The summed E-state index contributed by atoms with van der Waals surface area (Å²) in [6.45, 7) is 4.55. The average Bonchev–Trinajstić information content (AvgIpc) is 3.07. The molecule has 0 aliphatic rings. The van der Waals surface area contributed by atoms with Gasteiger partial charge in [-0.3, -0.25) is 4.79 Å². The number of aromatic nitrogens is 3. The van der Waals surface area contributed by atoms with E-state index < -0.39 is 0 Å². The van der Waals surface area contributed by atoms with Crippen LogP contribution in [0.15, 0.2) is 48.5 Å². The average molecular weight is 338 g/mol. The second-order valence-corrected chi connectivity index (χ2v) is 5.76. The van der Waals surface area contributed by atoms with Crippen molar-refractivity contribution in [2.24, 2.45) is 0 Å². The molecule has 0 radical (unpaired) electrons. The summed E-state index contributed by atoms with van der Waals surface area (Å²) >= 11 is 0. The molecular weight excluding hydrogens is 316 g/mol. The zero-order chi connectivity index (χ0) is 17.5. The first-order chi connectivity index (χ1) is 12.3. The smallest absolute Gasteiger partial charge is 0.251 e. The van der Waals surface area contributed by atoms with E-state index in [1.807, 2.05) is 43.3 Å². The highest BCUT2D eigenvalue weighted by Gasteiger charge is 2.09. The quantitative estimate of drug-likeness (QED) is 0.641. The predicted octanol–water partition coefficient (Wildman–Crippen LogP) is 2.79. The molecule has 2 aromatic carbocycles. The van der Waals surface area contributed by atoms with E-state index in [1.54, 1.807) is 16.8 Å². The second-order valence-electron chi connectivity index (χ2n) is 5.76. The second kappa shape index (κ2) is 8.39. The van der Waals surface area contributed by atoms with Gasteiger partial charge in [0.05, 0.1) is 12.1 Å². The molecule has 0 aliphatic heterocycles. The SMILES string of the molecule is CCn1nnc2cc(C(=O)NCCCOCc3ccccc3)ccc21. The Balaban J connectivity index is 1.42. The standard InChI is InChI=1S/C19H22N4O2/c1-2-23-18-10-9-16(13-17(18)21-22-23)19(24)20-11-6-12-25-14-15-7-4-3-5-8-15/h3-5,7-10,13H,2,6,11-12,14H2,1H3,(H,20,24). The first-order valence-corrected chi connectivity index (χ1v) is 8.51. The van der Waals surface area contributed by atoms with Crippen molar-refractivity contribution in [3.8, 4) is 0 Å². The summed E-state index contributed by atoms with van der Waals surface area (Å²) in [4.78, 5) is 12.2. The van der Waals surface area contributed by atoms with Crippen LogP contribution in [0.4, 0.5) is 0 Å². The predicted molar refractivity (Wildman–Crippen MR) is 96.3 cm³/mol. The van der Waals surface area contributed by atoms with Crippen molar-refractivity contribution in [3.05, 3.63) is 59.7 Å². The molecule has 1 heterocycles. The number of carbonyl (C=O) groups excluding carboxylic acids is 1. The van der Waals surface area contributed by atoms with Crippen LogP contribution in [0, 0.1) is 0 Å². The van der Waals surface area contributed by atoms with Crippen LogP contribution in [0.25, 0.3) is 11.0 Å². The van der Waals surface area contributed by atoms with Crippen LogP contribution < -0.4 is 5.32 Å². The van der Waals surface area contributed by atoms with E-state index in [9.17, 15) is 4.79 Å². The molecule has 0 bridgehead atoms. The lowest BCUT2D eigenvalue weighted by atomic mass is 10.2. The van der Waals surface area contributed by atoms with E-state index in [-0.39, 0.29) is 5.91 Å². The summed E-state index contributed by atoms with van der Waals surface area (Å²) in [5, 5.41) is 11.1. The molecule has 0 aliphatic carbocycles. The summed E-state index contributed by atoms with van der Waals surface area (Å²) in [6, 6.07) is 15.5. The summed E-state index contributed by atoms with van der Waals surface area (Å²) in [7, 11) is 0. The molecule has 1 N–H and O–H groups in total. The Kier molecular flexibility index (Phi) is 5.74. The molecule has 25 heavy (non-hydrogen) atoms. The van der Waals surface area contributed by atoms with Crippen molar-refractivity contribution in [1.82, 2.24) is 20.3 Å². The normalized spacial score (nSPS) is 10.9. The Morgan fingerprint density at radius 2 is 2.04 bits per heavy atom. The van der Waals surface area contributed by atoms with Crippen molar-refractivity contribution in [2.45, 2.75) is 26.5 Å². The molecule has 6 heteroatoms. The van der Waals surface area contributed by atoms with Crippen molar-refractivity contribution >= 4 is 16.9 Å². The summed E-state index contributed by atoms with van der Waals surface area (Å²) in [5.74, 6) is -0.101. The number of fused-ring (bicyclic) bond motifs is 1. The van der Waals surface area contributed by atoms with Gasteiger partial charge in [0.2, 0.25) is 0 Å². The summed E-state index contributed by atoms with van der Waals surface area (Å²) < 4.78 is 7.41. The van der Waals surface area contributed by atoms with Crippen molar-refractivity contribution in [2.75, 3.05) is 13.2 Å². The number of hydrogen-bond acceptors (Lipinski definition) is 4. The van der Waals surface area contributed by atoms with Crippen LogP contribution in [0.2, 0.25) is 0 Å². The van der Waals surface area contributed by atoms with Crippen molar-refractivity contribution < 1.29 is 9.53 Å². The minimum Gasteiger partial charge on any atom is -0.377 e. The fourth-order valence-corrected chi connectivity index (χ4v) is 2.59. The molecule has 1 amide bonds. The molecule has 3 rings (SSSR count). The lowest BCUT2D eigenvalue weighted by Gasteiger charge is -2.07. The molecule has 0 saturated heterocycles. The highest BCUT2D eigenvalue weighted by atomic mass is 16.5. The number of benzene rings is 2. The minimum absolute atomic E-state index is 0.101. The number of ether oxygens (including phenoxy) is 1. The number of carbonyl (C=O) groups is 1. The number of nitrogens with one attached hydrogen (secondary N) is 1. The first-order valence-electron chi connectivity index (χ1n) is 8.51. The maximum atomic E-state index is 12.2. The lowest BCUT2D eigenvalue weighted by molar-refractivity contribution is 0.0934. The van der Waals surface area contributed by atoms with Gasteiger partial charge in [-0.25, -0.2) is 4.68 Å². The Morgan fingerprint density at radius 3 is 2.84 bits per heavy atom. The summed E-state index contributed by atoms with van der Waals surface area (Å²) in [6.07, 6.45) is 0.771. The Bertz CT molecular complexity index is 830. The van der Waals surface area contributed by atoms with Crippen LogP contribution in [0.3, 0.4) is 0 Å². The Labute approximate surface area is 146 Å². The highest BCUT2D eigenvalue weighted by Crippen LogP contribution is 2.13. The molecule has 1 aromatic heterocycles. The third-order valence-electron chi connectivity index (χ3n) is 3.94. The van der Waals surface area contributed by atoms with Crippen LogP contribution in [0.5, 0.6) is 0 Å². The zero-order valence-corrected chi connectivity index (χ0v) is 14.3. The largest absolute Gasteiger partial charge is 0.377 e. The molecular formula is C19H22N4O2. The van der Waals surface area contributed by atoms with E-state index in [4.69, 9.17) is 4.74 Å². The van der Waals surface area contributed by atoms with Gasteiger partial charge in [0.1, 0.15) is 5.52 Å². The molecule has 0 fully saturated rings. The van der Waals surface area contributed by atoms with Crippen LogP contribution in [0.1, 0.15) is 29.3 Å². The van der Waals surface area contributed by atoms with Crippen molar-refractivity contribution in [3.63, 3.8) is 0 Å². The Hall–Kier alpha value is -2.73. The van der Waals surface area contributed by atoms with Gasteiger partial charge in [0.25, 0.3) is 5.91 Å². The Morgan fingerprint density at radius 1 is 1.20 bits per heavy atom. The molecule has 0 saturated carbocycles. The van der Waals surface area contributed by atoms with Gasteiger partial charge in [-0.15, -0.1) is 5.10 Å². The van der Waals surface area contributed by atoms with E-state index >= 15 is 0 Å². The fourth-order valence-electron chi connectivity index (χ4n) is 2.59. The van der Waals surface area contributed by atoms with Crippen LogP contribution in [-0.4, -0.2) is 34.1 Å². The topological polar surface area (TPSA) is 69.0 Å². The van der Waals surface area contributed by atoms with E-state index in [0.717, 1.165) is 29.6 Å². The van der Waals surface area contributed by atoms with Gasteiger partial charge < -0.3 is 10.1 Å².